The molecule has 2 rings (SSSR count). The Kier molecular flexibility index (Phi) is 4.58. The molecule has 1 aromatic carbocycles. The van der Waals surface area contributed by atoms with E-state index in [1.165, 1.54) is 5.56 Å². The summed E-state index contributed by atoms with van der Waals surface area (Å²) < 4.78 is 0. The lowest BCUT2D eigenvalue weighted by Crippen LogP contribution is -2.54. The Bertz CT molecular complexity index is 567. The molecule has 0 unspecified atom stereocenters. The van der Waals surface area contributed by atoms with E-state index in [4.69, 9.17) is 11.5 Å². The number of benzene rings is 1. The van der Waals surface area contributed by atoms with Gasteiger partial charge in [0.2, 0.25) is 11.9 Å². The molecule has 6 heteroatoms. The third-order valence-electron chi connectivity index (χ3n) is 3.39. The first-order valence-electron chi connectivity index (χ1n) is 6.71. The van der Waals surface area contributed by atoms with Gasteiger partial charge in [-0.3, -0.25) is 4.90 Å². The summed E-state index contributed by atoms with van der Waals surface area (Å²) in [6.07, 6.45) is 0. The van der Waals surface area contributed by atoms with Crippen LogP contribution in [0.15, 0.2) is 34.3 Å². The number of hydrogen-bond donors (Lipinski definition) is 2. The summed E-state index contributed by atoms with van der Waals surface area (Å²) in [5, 5.41) is 0. The molecule has 0 radical (unpaired) electrons. The number of halogens is 1. The molecule has 5 nitrogen and oxygen atoms in total. The van der Waals surface area contributed by atoms with Crippen molar-refractivity contribution in [2.75, 3.05) is 4.90 Å². The summed E-state index contributed by atoms with van der Waals surface area (Å²) in [6.45, 7) is 10.5. The monoisotopic (exact) mass is 309 g/mol. The predicted octanol–water partition coefficient (Wildman–Crippen LogP) is 2.59. The van der Waals surface area contributed by atoms with Gasteiger partial charge in [-0.15, -0.1) is 12.4 Å². The molecule has 1 aromatic rings. The standard InChI is InChI=1S/C15H23N5.ClH/c1-14(2,3)10-6-8-11(9-7-10)20-13(17)18-12(16)19-15(20,4)5;/h6-9H,1-5H3,(H4,16,17,18,19);1H. The summed E-state index contributed by atoms with van der Waals surface area (Å²) in [5.41, 5.74) is 13.5. The van der Waals surface area contributed by atoms with Gasteiger partial charge in [0, 0.05) is 5.69 Å². The highest BCUT2D eigenvalue weighted by molar-refractivity contribution is 6.05. The van der Waals surface area contributed by atoms with E-state index in [0.717, 1.165) is 5.69 Å². The Balaban J connectivity index is 0.00000220. The first kappa shape index (κ1) is 17.3. The van der Waals surface area contributed by atoms with Gasteiger partial charge in [0.1, 0.15) is 5.66 Å². The minimum atomic E-state index is -0.542. The lowest BCUT2D eigenvalue weighted by molar-refractivity contribution is 0.533. The van der Waals surface area contributed by atoms with Crippen molar-refractivity contribution < 1.29 is 0 Å². The molecule has 1 heterocycles. The van der Waals surface area contributed by atoms with E-state index in [9.17, 15) is 0 Å². The molecule has 0 fully saturated rings. The van der Waals surface area contributed by atoms with E-state index in [0.29, 0.717) is 5.96 Å². The van der Waals surface area contributed by atoms with Gasteiger partial charge in [0.15, 0.2) is 0 Å². The second kappa shape index (κ2) is 5.56. The van der Waals surface area contributed by atoms with Crippen molar-refractivity contribution in [3.8, 4) is 0 Å². The zero-order chi connectivity index (χ0) is 15.1. The van der Waals surface area contributed by atoms with Gasteiger partial charge < -0.3 is 11.5 Å². The maximum absolute atomic E-state index is 6.02. The fraction of sp³-hybridized carbons (Fsp3) is 0.467. The van der Waals surface area contributed by atoms with E-state index >= 15 is 0 Å². The fourth-order valence-electron chi connectivity index (χ4n) is 2.36. The van der Waals surface area contributed by atoms with Crippen molar-refractivity contribution in [3.63, 3.8) is 0 Å². The smallest absolute Gasteiger partial charge is 0.220 e. The number of aliphatic imine (C=N–C) groups is 2. The van der Waals surface area contributed by atoms with E-state index in [-0.39, 0.29) is 23.8 Å². The second-order valence-corrected chi connectivity index (χ2v) is 6.57. The molecule has 0 atom stereocenters. The van der Waals surface area contributed by atoms with Crippen molar-refractivity contribution in [1.82, 2.24) is 0 Å². The molecule has 0 bridgehead atoms. The molecule has 116 valence electrons. The van der Waals surface area contributed by atoms with Crippen LogP contribution in [-0.2, 0) is 5.41 Å². The van der Waals surface area contributed by atoms with Crippen LogP contribution < -0.4 is 16.4 Å². The zero-order valence-corrected chi connectivity index (χ0v) is 14.0. The summed E-state index contributed by atoms with van der Waals surface area (Å²) in [5.74, 6) is 0.584. The van der Waals surface area contributed by atoms with Crippen LogP contribution in [0.4, 0.5) is 5.69 Å². The minimum Gasteiger partial charge on any atom is -0.369 e. The Morgan fingerprint density at radius 2 is 1.57 bits per heavy atom. The summed E-state index contributed by atoms with van der Waals surface area (Å²) in [4.78, 5) is 10.3. The van der Waals surface area contributed by atoms with Crippen LogP contribution in [0.5, 0.6) is 0 Å². The molecule has 0 saturated heterocycles. The van der Waals surface area contributed by atoms with Gasteiger partial charge in [-0.05, 0) is 37.0 Å². The fourth-order valence-corrected chi connectivity index (χ4v) is 2.36. The molecule has 0 saturated carbocycles. The molecule has 4 N–H and O–H groups in total. The van der Waals surface area contributed by atoms with Crippen LogP contribution in [0, 0.1) is 0 Å². The van der Waals surface area contributed by atoms with Crippen LogP contribution in [0.3, 0.4) is 0 Å². The lowest BCUT2D eigenvalue weighted by Gasteiger charge is -2.38. The van der Waals surface area contributed by atoms with Crippen LogP contribution in [0.1, 0.15) is 40.2 Å². The highest BCUT2D eigenvalue weighted by atomic mass is 35.5. The normalized spacial score (nSPS) is 17.7. The largest absolute Gasteiger partial charge is 0.369 e. The van der Waals surface area contributed by atoms with Gasteiger partial charge in [0.05, 0.1) is 0 Å². The van der Waals surface area contributed by atoms with Crippen LogP contribution in [0.25, 0.3) is 0 Å². The quantitative estimate of drug-likeness (QED) is 0.836. The number of nitrogens with zero attached hydrogens (tertiary/aromatic N) is 3. The van der Waals surface area contributed by atoms with E-state index < -0.39 is 5.66 Å². The Morgan fingerprint density at radius 3 is 2.00 bits per heavy atom. The third-order valence-corrected chi connectivity index (χ3v) is 3.39. The van der Waals surface area contributed by atoms with Gasteiger partial charge in [-0.2, -0.15) is 4.99 Å². The van der Waals surface area contributed by atoms with Crippen molar-refractivity contribution in [2.45, 2.75) is 45.7 Å². The first-order valence-corrected chi connectivity index (χ1v) is 6.71. The second-order valence-electron chi connectivity index (χ2n) is 6.57. The number of hydrogen-bond acceptors (Lipinski definition) is 5. The molecule has 0 amide bonds. The van der Waals surface area contributed by atoms with Gasteiger partial charge in [0.25, 0.3) is 0 Å². The van der Waals surface area contributed by atoms with Gasteiger partial charge in [-0.1, -0.05) is 32.9 Å². The highest BCUT2D eigenvalue weighted by Crippen LogP contribution is 2.30. The zero-order valence-electron chi connectivity index (χ0n) is 13.2. The van der Waals surface area contributed by atoms with E-state index in [2.05, 4.69) is 42.9 Å². The van der Waals surface area contributed by atoms with Crippen molar-refractivity contribution in [3.05, 3.63) is 29.8 Å². The molecular formula is C15H24ClN5. The SMILES string of the molecule is CC(C)(C)c1ccc(N2C(N)=NC(N)=NC2(C)C)cc1.Cl. The lowest BCUT2D eigenvalue weighted by atomic mass is 9.87. The van der Waals surface area contributed by atoms with Crippen LogP contribution >= 0.6 is 12.4 Å². The van der Waals surface area contributed by atoms with E-state index in [1.807, 2.05) is 30.9 Å². The Hall–Kier alpha value is -1.75. The molecule has 1 aliphatic heterocycles. The molecule has 0 spiro atoms. The average molecular weight is 310 g/mol. The number of rotatable bonds is 1. The topological polar surface area (TPSA) is 80.0 Å². The van der Waals surface area contributed by atoms with Crippen molar-refractivity contribution in [2.24, 2.45) is 21.5 Å². The molecule has 1 aliphatic rings. The molecule has 0 aliphatic carbocycles. The van der Waals surface area contributed by atoms with Crippen LogP contribution in [-0.4, -0.2) is 17.6 Å². The van der Waals surface area contributed by atoms with E-state index in [1.54, 1.807) is 0 Å². The average Bonchev–Trinajstić information content (AvgIpc) is 2.25. The van der Waals surface area contributed by atoms with Gasteiger partial charge >= 0.3 is 0 Å². The van der Waals surface area contributed by atoms with Crippen LogP contribution in [0.2, 0.25) is 0 Å². The summed E-state index contributed by atoms with van der Waals surface area (Å²) >= 11 is 0. The van der Waals surface area contributed by atoms with Gasteiger partial charge in [-0.25, -0.2) is 4.99 Å². The number of guanidine groups is 2. The summed E-state index contributed by atoms with van der Waals surface area (Å²) in [6, 6.07) is 8.31. The maximum Gasteiger partial charge on any atom is 0.220 e. The van der Waals surface area contributed by atoms with Crippen molar-refractivity contribution >= 4 is 30.0 Å². The molecular weight excluding hydrogens is 286 g/mol. The predicted molar refractivity (Wildman–Crippen MR) is 92.2 cm³/mol. The number of nitrogens with two attached hydrogens (primary N) is 2. The molecule has 0 aromatic heterocycles. The number of anilines is 1. The molecule has 21 heavy (non-hydrogen) atoms. The maximum atomic E-state index is 6.02. The minimum absolute atomic E-state index is 0. The first-order chi connectivity index (χ1) is 9.11. The van der Waals surface area contributed by atoms with Crippen molar-refractivity contribution in [1.29, 1.82) is 0 Å². The Labute approximate surface area is 132 Å². The Morgan fingerprint density at radius 1 is 1.05 bits per heavy atom. The third kappa shape index (κ3) is 3.47. The summed E-state index contributed by atoms with van der Waals surface area (Å²) in [7, 11) is 0. The highest BCUT2D eigenvalue weighted by Gasteiger charge is 2.33.